The Morgan fingerprint density at radius 1 is 0.604 bits per heavy atom. The minimum absolute atomic E-state index is 0.228. The summed E-state index contributed by atoms with van der Waals surface area (Å²) in [7, 11) is 3.92. The fourth-order valence-corrected chi connectivity index (χ4v) is 7.45. The molecule has 11 heteroatoms. The van der Waals surface area contributed by atoms with Crippen LogP contribution in [0.1, 0.15) is 82.0 Å². The van der Waals surface area contributed by atoms with Crippen LogP contribution in [0.2, 0.25) is 0 Å². The molecule has 3 aliphatic rings. The molecule has 0 N–H and O–H groups in total. The number of imide groups is 2. The number of amides is 4. The van der Waals surface area contributed by atoms with Gasteiger partial charge in [0.1, 0.15) is 0 Å². The van der Waals surface area contributed by atoms with Crippen LogP contribution in [-0.4, -0.2) is 64.8 Å². The SMILES string of the molecule is CN(C)c1ccc(N=Nc2ccc(N3C(=O)c4ccc5c6c(ccc(c46)C3=O)C(=O)N(C3CC(C)(C)N([O])C(C)(C)C3)C5=O)cc2)cc1. The van der Waals surface area contributed by atoms with Crippen LogP contribution in [0.15, 0.2) is 83.0 Å². The third-order valence-electron chi connectivity index (χ3n) is 9.62. The Labute approximate surface area is 278 Å². The fraction of sp³-hybridized carbons (Fsp3) is 0.297. The topological polar surface area (TPSA) is 126 Å². The maximum absolute atomic E-state index is 14.0. The van der Waals surface area contributed by atoms with Gasteiger partial charge >= 0.3 is 0 Å². The van der Waals surface area contributed by atoms with Gasteiger partial charge in [-0.05, 0) is 113 Å². The number of azo groups is 1. The molecule has 11 nitrogen and oxygen atoms in total. The van der Waals surface area contributed by atoms with Crippen molar-refractivity contribution in [1.82, 2.24) is 9.96 Å². The van der Waals surface area contributed by atoms with Crippen molar-refractivity contribution in [1.29, 1.82) is 0 Å². The zero-order valence-corrected chi connectivity index (χ0v) is 27.6. The van der Waals surface area contributed by atoms with E-state index in [0.29, 0.717) is 40.7 Å². The summed E-state index contributed by atoms with van der Waals surface area (Å²) < 4.78 is 0. The molecular formula is C37H35N6O5. The summed E-state index contributed by atoms with van der Waals surface area (Å²) in [5.74, 6) is -2.10. The van der Waals surface area contributed by atoms with Gasteiger partial charge in [0.2, 0.25) is 0 Å². The first-order valence-corrected chi connectivity index (χ1v) is 15.8. The van der Waals surface area contributed by atoms with Crippen LogP contribution in [-0.2, 0) is 5.21 Å². The van der Waals surface area contributed by atoms with Gasteiger partial charge in [-0.3, -0.25) is 24.1 Å². The number of hydroxylamine groups is 2. The molecule has 0 unspecified atom stereocenters. The highest BCUT2D eigenvalue weighted by atomic mass is 16.5. The molecule has 1 fully saturated rings. The smallest absolute Gasteiger partial charge is 0.265 e. The quantitative estimate of drug-likeness (QED) is 0.169. The van der Waals surface area contributed by atoms with E-state index in [1.807, 2.05) is 71.0 Å². The van der Waals surface area contributed by atoms with Gasteiger partial charge in [0.25, 0.3) is 23.6 Å². The first-order chi connectivity index (χ1) is 22.7. The van der Waals surface area contributed by atoms with Crippen molar-refractivity contribution in [3.05, 3.63) is 95.1 Å². The number of rotatable bonds is 5. The minimum atomic E-state index is -0.793. The maximum Gasteiger partial charge on any atom is 0.265 e. The van der Waals surface area contributed by atoms with Gasteiger partial charge in [0.15, 0.2) is 0 Å². The number of carbonyl (C=O) groups is 4. The summed E-state index contributed by atoms with van der Waals surface area (Å²) >= 11 is 0. The molecule has 0 bridgehead atoms. The number of carbonyl (C=O) groups excluding carboxylic acids is 4. The zero-order chi connectivity index (χ0) is 34.3. The lowest BCUT2D eigenvalue weighted by molar-refractivity contribution is -0.292. The molecule has 0 aromatic heterocycles. The maximum atomic E-state index is 14.0. The van der Waals surface area contributed by atoms with Crippen LogP contribution in [0, 0.1) is 0 Å². The van der Waals surface area contributed by atoms with Crippen LogP contribution in [0.25, 0.3) is 10.8 Å². The summed E-state index contributed by atoms with van der Waals surface area (Å²) in [6, 6.07) is 20.0. The van der Waals surface area contributed by atoms with E-state index in [0.717, 1.165) is 15.7 Å². The molecule has 1 radical (unpaired) electrons. The zero-order valence-electron chi connectivity index (χ0n) is 27.6. The van der Waals surface area contributed by atoms with Crippen LogP contribution >= 0.6 is 0 Å². The van der Waals surface area contributed by atoms with E-state index in [2.05, 4.69) is 10.2 Å². The average molecular weight is 644 g/mol. The molecule has 3 aliphatic heterocycles. The second-order valence-electron chi connectivity index (χ2n) is 14.1. The molecule has 4 amide bonds. The molecule has 1 saturated heterocycles. The lowest BCUT2D eigenvalue weighted by Crippen LogP contribution is -2.64. The van der Waals surface area contributed by atoms with Gasteiger partial charge in [0.05, 0.1) is 17.1 Å². The molecule has 7 rings (SSSR count). The van der Waals surface area contributed by atoms with Gasteiger partial charge in [-0.2, -0.15) is 10.2 Å². The van der Waals surface area contributed by atoms with Gasteiger partial charge in [-0.1, -0.05) is 0 Å². The second kappa shape index (κ2) is 10.9. The lowest BCUT2D eigenvalue weighted by atomic mass is 9.77. The van der Waals surface area contributed by atoms with E-state index in [1.165, 1.54) is 4.90 Å². The molecular weight excluding hydrogens is 608 g/mol. The van der Waals surface area contributed by atoms with Crippen LogP contribution in [0.5, 0.6) is 0 Å². The van der Waals surface area contributed by atoms with Crippen LogP contribution in [0.4, 0.5) is 22.7 Å². The molecule has 0 atom stereocenters. The highest BCUT2D eigenvalue weighted by Gasteiger charge is 2.51. The van der Waals surface area contributed by atoms with Crippen molar-refractivity contribution in [2.75, 3.05) is 23.9 Å². The molecule has 243 valence electrons. The summed E-state index contributed by atoms with van der Waals surface area (Å²) in [4.78, 5) is 60.2. The van der Waals surface area contributed by atoms with Gasteiger partial charge in [0, 0.05) is 69.9 Å². The average Bonchev–Trinajstić information content (AvgIpc) is 3.04. The predicted molar refractivity (Wildman–Crippen MR) is 181 cm³/mol. The molecule has 4 aromatic rings. The number of nitrogens with zero attached hydrogens (tertiary/aromatic N) is 6. The summed E-state index contributed by atoms with van der Waals surface area (Å²) in [5.41, 5.74) is 2.00. The number of hydrogen-bond acceptors (Lipinski definition) is 8. The molecule has 0 spiro atoms. The van der Waals surface area contributed by atoms with E-state index in [9.17, 15) is 24.4 Å². The van der Waals surface area contributed by atoms with E-state index in [4.69, 9.17) is 0 Å². The minimum Gasteiger partial charge on any atom is -0.378 e. The van der Waals surface area contributed by atoms with Gasteiger partial charge in [-0.15, -0.1) is 10.3 Å². The molecule has 48 heavy (non-hydrogen) atoms. The Hall–Kier alpha value is -5.26. The summed E-state index contributed by atoms with van der Waals surface area (Å²) in [5, 5.41) is 23.2. The summed E-state index contributed by atoms with van der Waals surface area (Å²) in [6.07, 6.45) is 0.643. The van der Waals surface area contributed by atoms with Crippen molar-refractivity contribution >= 4 is 57.2 Å². The van der Waals surface area contributed by atoms with Crippen molar-refractivity contribution in [2.24, 2.45) is 10.2 Å². The highest BCUT2D eigenvalue weighted by molar-refractivity contribution is 6.39. The number of benzene rings is 4. The van der Waals surface area contributed by atoms with Crippen LogP contribution < -0.4 is 9.80 Å². The monoisotopic (exact) mass is 643 g/mol. The Bertz CT molecular complexity index is 1980. The first kappa shape index (κ1) is 31.3. The molecule has 3 heterocycles. The van der Waals surface area contributed by atoms with Gasteiger partial charge < -0.3 is 4.90 Å². The Morgan fingerprint density at radius 3 is 1.42 bits per heavy atom. The Kier molecular flexibility index (Phi) is 7.11. The van der Waals surface area contributed by atoms with Crippen molar-refractivity contribution in [3.8, 4) is 0 Å². The van der Waals surface area contributed by atoms with Crippen molar-refractivity contribution in [2.45, 2.75) is 57.7 Å². The van der Waals surface area contributed by atoms with E-state index >= 15 is 0 Å². The Morgan fingerprint density at radius 2 is 1.00 bits per heavy atom. The van der Waals surface area contributed by atoms with Crippen LogP contribution in [0.3, 0.4) is 0 Å². The Balaban J connectivity index is 1.19. The largest absolute Gasteiger partial charge is 0.378 e. The third-order valence-corrected chi connectivity index (χ3v) is 9.62. The van der Waals surface area contributed by atoms with E-state index < -0.39 is 40.7 Å². The number of piperidine rings is 1. The lowest BCUT2D eigenvalue weighted by Gasteiger charge is -2.52. The first-order valence-electron chi connectivity index (χ1n) is 15.8. The molecule has 0 saturated carbocycles. The number of anilines is 2. The number of hydrogen-bond donors (Lipinski definition) is 0. The highest BCUT2D eigenvalue weighted by Crippen LogP contribution is 2.44. The fourth-order valence-electron chi connectivity index (χ4n) is 7.45. The van der Waals surface area contributed by atoms with Crippen molar-refractivity contribution < 1.29 is 24.4 Å². The molecule has 0 aliphatic carbocycles. The van der Waals surface area contributed by atoms with E-state index in [1.54, 1.807) is 48.5 Å². The van der Waals surface area contributed by atoms with E-state index in [-0.39, 0.29) is 22.3 Å². The van der Waals surface area contributed by atoms with Crippen molar-refractivity contribution in [3.63, 3.8) is 0 Å². The molecule has 4 aromatic carbocycles. The normalized spacial score (nSPS) is 19.1. The predicted octanol–water partition coefficient (Wildman–Crippen LogP) is 7.08. The summed E-state index contributed by atoms with van der Waals surface area (Å²) in [6.45, 7) is 7.27. The van der Waals surface area contributed by atoms with Gasteiger partial charge in [-0.25, -0.2) is 4.90 Å². The standard InChI is InChI=1S/C37H35N6O5/c1-36(2)19-25(20-37(3,4)43(36)48)42-34(46)28-17-15-26-30-27(16-18-29(31(28)30)35(42)47)33(45)41(32(26)44)24-13-9-22(10-14-24)39-38-21-7-11-23(12-8-21)40(5)6/h7-18,25H,19-20H2,1-6H3. The third kappa shape index (κ3) is 4.80. The second-order valence-corrected chi connectivity index (χ2v) is 14.1.